The Hall–Kier alpha value is -1.42. The second kappa shape index (κ2) is 4.40. The monoisotopic (exact) mass is 200 g/mol. The lowest BCUT2D eigenvalue weighted by molar-refractivity contribution is 0.437. The Morgan fingerprint density at radius 2 is 1.93 bits per heavy atom. The number of benzene rings is 1. The molecular formula is C14H16O. The van der Waals surface area contributed by atoms with E-state index in [-0.39, 0.29) is 5.75 Å². The van der Waals surface area contributed by atoms with Crippen molar-refractivity contribution in [3.8, 4) is 18.1 Å². The van der Waals surface area contributed by atoms with Crippen LogP contribution in [-0.4, -0.2) is 5.11 Å². The molecule has 1 aromatic rings. The second-order valence-corrected chi connectivity index (χ2v) is 4.22. The van der Waals surface area contributed by atoms with Crippen LogP contribution in [0.5, 0.6) is 5.75 Å². The molecule has 0 radical (unpaired) electrons. The van der Waals surface area contributed by atoms with Crippen LogP contribution in [0.25, 0.3) is 0 Å². The van der Waals surface area contributed by atoms with Crippen molar-refractivity contribution in [1.29, 1.82) is 0 Å². The number of phenolic OH excluding ortho intramolecular Hbond substituents is 1. The largest absolute Gasteiger partial charge is 0.507 e. The maximum atomic E-state index is 9.68. The highest BCUT2D eigenvalue weighted by Crippen LogP contribution is 2.36. The first-order valence-corrected chi connectivity index (χ1v) is 5.61. The van der Waals surface area contributed by atoms with Crippen LogP contribution >= 0.6 is 0 Å². The lowest BCUT2D eigenvalue weighted by Gasteiger charge is -2.23. The molecule has 1 aliphatic rings. The standard InChI is InChI=1S/C14H16O/c1-2-12-13(9-6-10-14(12)15)11-7-4-3-5-8-11/h1,6,9-11,15H,3-5,7-8H2. The molecule has 1 aliphatic carbocycles. The topological polar surface area (TPSA) is 20.2 Å². The third-order valence-electron chi connectivity index (χ3n) is 3.26. The van der Waals surface area contributed by atoms with Crippen LogP contribution in [-0.2, 0) is 0 Å². The van der Waals surface area contributed by atoms with Crippen LogP contribution in [0.15, 0.2) is 18.2 Å². The first-order chi connectivity index (χ1) is 7.33. The van der Waals surface area contributed by atoms with E-state index in [1.807, 2.05) is 6.07 Å². The zero-order valence-electron chi connectivity index (χ0n) is 8.87. The van der Waals surface area contributed by atoms with Crippen molar-refractivity contribution in [2.75, 3.05) is 0 Å². The molecule has 0 amide bonds. The molecule has 0 atom stereocenters. The van der Waals surface area contributed by atoms with Crippen molar-refractivity contribution >= 4 is 0 Å². The molecular weight excluding hydrogens is 184 g/mol. The number of aromatic hydroxyl groups is 1. The van der Waals surface area contributed by atoms with Crippen molar-refractivity contribution < 1.29 is 5.11 Å². The fourth-order valence-corrected chi connectivity index (χ4v) is 2.47. The molecule has 1 aromatic carbocycles. The Morgan fingerprint density at radius 1 is 1.20 bits per heavy atom. The van der Waals surface area contributed by atoms with Crippen molar-refractivity contribution in [2.24, 2.45) is 0 Å². The van der Waals surface area contributed by atoms with E-state index in [1.54, 1.807) is 6.07 Å². The van der Waals surface area contributed by atoms with Crippen LogP contribution in [0.1, 0.15) is 49.1 Å². The molecule has 0 saturated heterocycles. The fourth-order valence-electron chi connectivity index (χ4n) is 2.47. The van der Waals surface area contributed by atoms with Gasteiger partial charge >= 0.3 is 0 Å². The molecule has 1 saturated carbocycles. The molecule has 1 heteroatoms. The summed E-state index contributed by atoms with van der Waals surface area (Å²) < 4.78 is 0. The highest BCUT2D eigenvalue weighted by molar-refractivity contribution is 5.51. The van der Waals surface area contributed by atoms with Gasteiger partial charge in [0.2, 0.25) is 0 Å². The van der Waals surface area contributed by atoms with Gasteiger partial charge in [0.25, 0.3) is 0 Å². The van der Waals surface area contributed by atoms with E-state index < -0.39 is 0 Å². The number of rotatable bonds is 1. The van der Waals surface area contributed by atoms with Crippen LogP contribution < -0.4 is 0 Å². The van der Waals surface area contributed by atoms with Gasteiger partial charge in [0.05, 0.1) is 5.56 Å². The van der Waals surface area contributed by atoms with Gasteiger partial charge in [0.1, 0.15) is 5.75 Å². The first-order valence-electron chi connectivity index (χ1n) is 5.61. The van der Waals surface area contributed by atoms with Crippen molar-refractivity contribution in [1.82, 2.24) is 0 Å². The predicted molar refractivity (Wildman–Crippen MR) is 61.9 cm³/mol. The van der Waals surface area contributed by atoms with Gasteiger partial charge in [-0.05, 0) is 30.4 Å². The molecule has 0 heterocycles. The number of terminal acetylenes is 1. The van der Waals surface area contributed by atoms with E-state index in [0.29, 0.717) is 11.5 Å². The van der Waals surface area contributed by atoms with E-state index in [4.69, 9.17) is 6.42 Å². The summed E-state index contributed by atoms with van der Waals surface area (Å²) in [7, 11) is 0. The molecule has 1 N–H and O–H groups in total. The molecule has 1 fully saturated rings. The smallest absolute Gasteiger partial charge is 0.131 e. The normalized spacial score (nSPS) is 17.3. The summed E-state index contributed by atoms with van der Waals surface area (Å²) in [5, 5.41) is 9.68. The SMILES string of the molecule is C#Cc1c(O)cccc1C1CCCCC1. The van der Waals surface area contributed by atoms with Gasteiger partial charge in [0.15, 0.2) is 0 Å². The van der Waals surface area contributed by atoms with Gasteiger partial charge in [-0.25, -0.2) is 0 Å². The van der Waals surface area contributed by atoms with Gasteiger partial charge in [-0.1, -0.05) is 37.3 Å². The Labute approximate surface area is 91.1 Å². The van der Waals surface area contributed by atoms with Crippen LogP contribution in [0.3, 0.4) is 0 Å². The van der Waals surface area contributed by atoms with E-state index in [1.165, 1.54) is 32.1 Å². The summed E-state index contributed by atoms with van der Waals surface area (Å²) in [6.07, 6.45) is 11.8. The van der Waals surface area contributed by atoms with E-state index >= 15 is 0 Å². The molecule has 0 aliphatic heterocycles. The van der Waals surface area contributed by atoms with Crippen LogP contribution in [0, 0.1) is 12.3 Å². The van der Waals surface area contributed by atoms with E-state index in [2.05, 4.69) is 12.0 Å². The fraction of sp³-hybridized carbons (Fsp3) is 0.429. The zero-order valence-corrected chi connectivity index (χ0v) is 8.87. The summed E-state index contributed by atoms with van der Waals surface area (Å²) in [4.78, 5) is 0. The molecule has 2 rings (SSSR count). The Bertz CT molecular complexity index is 381. The summed E-state index contributed by atoms with van der Waals surface area (Å²) in [5.74, 6) is 3.41. The van der Waals surface area contributed by atoms with Crippen molar-refractivity contribution in [3.63, 3.8) is 0 Å². The quantitative estimate of drug-likeness (QED) is 0.689. The maximum absolute atomic E-state index is 9.68. The van der Waals surface area contributed by atoms with Crippen molar-refractivity contribution in [2.45, 2.75) is 38.0 Å². The number of phenols is 1. The Kier molecular flexibility index (Phi) is 2.97. The molecule has 78 valence electrons. The van der Waals surface area contributed by atoms with E-state index in [0.717, 1.165) is 5.56 Å². The van der Waals surface area contributed by atoms with Gasteiger partial charge in [-0.3, -0.25) is 0 Å². The minimum atomic E-state index is 0.251. The summed E-state index contributed by atoms with van der Waals surface area (Å²) >= 11 is 0. The molecule has 0 unspecified atom stereocenters. The average Bonchev–Trinajstić information content (AvgIpc) is 2.30. The molecule has 15 heavy (non-hydrogen) atoms. The van der Waals surface area contributed by atoms with E-state index in [9.17, 15) is 5.11 Å². The minimum Gasteiger partial charge on any atom is -0.507 e. The van der Waals surface area contributed by atoms with Gasteiger partial charge in [0, 0.05) is 0 Å². The number of hydrogen-bond donors (Lipinski definition) is 1. The summed E-state index contributed by atoms with van der Waals surface area (Å²) in [6.45, 7) is 0. The van der Waals surface area contributed by atoms with Gasteiger partial charge in [-0.2, -0.15) is 0 Å². The highest BCUT2D eigenvalue weighted by Gasteiger charge is 2.18. The third-order valence-corrected chi connectivity index (χ3v) is 3.26. The van der Waals surface area contributed by atoms with Crippen molar-refractivity contribution in [3.05, 3.63) is 29.3 Å². The zero-order chi connectivity index (χ0) is 10.7. The summed E-state index contributed by atoms with van der Waals surface area (Å²) in [5.41, 5.74) is 1.86. The maximum Gasteiger partial charge on any atom is 0.131 e. The first kappa shape index (κ1) is 10.1. The lowest BCUT2D eigenvalue weighted by Crippen LogP contribution is -2.06. The Balaban J connectivity index is 2.34. The predicted octanol–water partition coefficient (Wildman–Crippen LogP) is 3.42. The van der Waals surface area contributed by atoms with Gasteiger partial charge in [-0.15, -0.1) is 6.42 Å². The molecule has 0 bridgehead atoms. The molecule has 1 nitrogen and oxygen atoms in total. The van der Waals surface area contributed by atoms with Crippen LogP contribution in [0.2, 0.25) is 0 Å². The number of hydrogen-bond acceptors (Lipinski definition) is 1. The lowest BCUT2D eigenvalue weighted by atomic mass is 9.82. The second-order valence-electron chi connectivity index (χ2n) is 4.22. The molecule has 0 aromatic heterocycles. The van der Waals surface area contributed by atoms with Crippen LogP contribution in [0.4, 0.5) is 0 Å². The van der Waals surface area contributed by atoms with Gasteiger partial charge < -0.3 is 5.11 Å². The highest BCUT2D eigenvalue weighted by atomic mass is 16.3. The molecule has 0 spiro atoms. The summed E-state index contributed by atoms with van der Waals surface area (Å²) in [6, 6.07) is 5.62. The Morgan fingerprint density at radius 3 is 2.60 bits per heavy atom. The average molecular weight is 200 g/mol. The minimum absolute atomic E-state index is 0.251. The third kappa shape index (κ3) is 1.99.